The van der Waals surface area contributed by atoms with Crippen molar-refractivity contribution < 1.29 is 14.6 Å². The van der Waals surface area contributed by atoms with E-state index in [2.05, 4.69) is 15.0 Å². The summed E-state index contributed by atoms with van der Waals surface area (Å²) in [4.78, 5) is 12.7. The molecule has 0 bridgehead atoms. The van der Waals surface area contributed by atoms with E-state index in [4.69, 9.17) is 11.5 Å². The molecule has 5 atom stereocenters. The molecule has 9 heteroatoms. The van der Waals surface area contributed by atoms with Crippen molar-refractivity contribution in [2.24, 2.45) is 11.8 Å². The number of fused-ring (bicyclic) bond motifs is 3. The van der Waals surface area contributed by atoms with E-state index < -0.39 is 17.5 Å². The maximum absolute atomic E-state index is 13.7. The van der Waals surface area contributed by atoms with Crippen LogP contribution in [-0.4, -0.2) is 41.4 Å². The van der Waals surface area contributed by atoms with Gasteiger partial charge in [0.05, 0.1) is 22.5 Å². The molecule has 0 amide bonds. The van der Waals surface area contributed by atoms with Gasteiger partial charge in [-0.25, -0.2) is 19.3 Å². The van der Waals surface area contributed by atoms with Gasteiger partial charge in [0.15, 0.2) is 11.6 Å². The number of benzene rings is 1. The van der Waals surface area contributed by atoms with Gasteiger partial charge in [-0.1, -0.05) is 12.1 Å². The summed E-state index contributed by atoms with van der Waals surface area (Å²) >= 11 is 0. The van der Waals surface area contributed by atoms with Gasteiger partial charge in [-0.15, -0.1) is 0 Å². The Kier molecular flexibility index (Phi) is 4.59. The maximum Gasteiger partial charge on any atom is 0.165 e. The molecule has 2 saturated carbocycles. The highest BCUT2D eigenvalue weighted by Crippen LogP contribution is 2.55. The number of hydrogen-bond donors (Lipinski definition) is 4. The van der Waals surface area contributed by atoms with Crippen LogP contribution in [0.5, 0.6) is 0 Å². The molecule has 1 aromatic carbocycles. The zero-order valence-corrected chi connectivity index (χ0v) is 18.8. The van der Waals surface area contributed by atoms with Gasteiger partial charge in [0.2, 0.25) is 0 Å². The first kappa shape index (κ1) is 21.2. The summed E-state index contributed by atoms with van der Waals surface area (Å²) in [6, 6.07) is 6.86. The van der Waals surface area contributed by atoms with Crippen LogP contribution in [0, 0.1) is 24.6 Å². The fourth-order valence-electron chi connectivity index (χ4n) is 6.39. The molecule has 0 unspecified atom stereocenters. The Labute approximate surface area is 195 Å². The third-order valence-electron chi connectivity index (χ3n) is 8.04. The van der Waals surface area contributed by atoms with Gasteiger partial charge in [-0.3, -0.25) is 0 Å². The summed E-state index contributed by atoms with van der Waals surface area (Å²) < 4.78 is 15.7. The van der Waals surface area contributed by atoms with Gasteiger partial charge in [0.25, 0.3) is 0 Å². The van der Waals surface area contributed by atoms with E-state index in [0.29, 0.717) is 35.2 Å². The number of nitrogens with zero attached hydrogens (tertiary/aromatic N) is 4. The molecule has 176 valence electrons. The van der Waals surface area contributed by atoms with Crippen molar-refractivity contribution in [1.82, 2.24) is 19.5 Å². The molecule has 0 spiro atoms. The molecule has 2 aliphatic carbocycles. The number of aryl methyl sites for hydroxylation is 1. The fourth-order valence-corrected chi connectivity index (χ4v) is 6.39. The molecule has 4 aromatic rings. The van der Waals surface area contributed by atoms with Crippen LogP contribution >= 0.6 is 0 Å². The Balaban J connectivity index is 1.31. The number of rotatable bonds is 3. The van der Waals surface area contributed by atoms with E-state index in [9.17, 15) is 14.6 Å². The summed E-state index contributed by atoms with van der Waals surface area (Å²) in [5.74, 6) is -0.0860. The van der Waals surface area contributed by atoms with Crippen molar-refractivity contribution in [3.8, 4) is 0 Å². The summed E-state index contributed by atoms with van der Waals surface area (Å²) in [5, 5.41) is 24.3. The second-order valence-corrected chi connectivity index (χ2v) is 9.91. The molecular formula is C25H27FN6O2. The van der Waals surface area contributed by atoms with Crippen LogP contribution in [0.3, 0.4) is 0 Å². The van der Waals surface area contributed by atoms with Crippen LogP contribution in [0.25, 0.3) is 21.9 Å². The zero-order valence-electron chi connectivity index (χ0n) is 18.8. The van der Waals surface area contributed by atoms with Crippen LogP contribution in [0.1, 0.15) is 36.4 Å². The molecule has 3 heterocycles. The Morgan fingerprint density at radius 3 is 2.85 bits per heavy atom. The Morgan fingerprint density at radius 2 is 2.03 bits per heavy atom. The number of aliphatic hydroxyl groups is 2. The van der Waals surface area contributed by atoms with Gasteiger partial charge in [0, 0.05) is 11.6 Å². The predicted octanol–water partition coefficient (Wildman–Crippen LogP) is 2.90. The molecule has 0 radical (unpaired) electrons. The van der Waals surface area contributed by atoms with Gasteiger partial charge < -0.3 is 26.2 Å². The van der Waals surface area contributed by atoms with E-state index in [1.807, 2.05) is 35.9 Å². The fraction of sp³-hybridized carbons (Fsp3) is 0.400. The maximum atomic E-state index is 13.7. The van der Waals surface area contributed by atoms with E-state index in [0.717, 1.165) is 29.4 Å². The molecule has 8 nitrogen and oxygen atoms in total. The van der Waals surface area contributed by atoms with Crippen LogP contribution in [0.4, 0.5) is 16.0 Å². The quantitative estimate of drug-likeness (QED) is 0.367. The second-order valence-electron chi connectivity index (χ2n) is 9.91. The Hall–Kier alpha value is -3.30. The van der Waals surface area contributed by atoms with E-state index in [1.54, 1.807) is 0 Å². The topological polar surface area (TPSA) is 136 Å². The summed E-state index contributed by atoms with van der Waals surface area (Å²) in [7, 11) is 0. The van der Waals surface area contributed by atoms with Crippen molar-refractivity contribution in [3.05, 3.63) is 53.7 Å². The van der Waals surface area contributed by atoms with Gasteiger partial charge in [-0.05, 0) is 67.7 Å². The lowest BCUT2D eigenvalue weighted by molar-refractivity contribution is -0.0799. The lowest BCUT2D eigenvalue weighted by Crippen LogP contribution is -2.42. The Bertz CT molecular complexity index is 1440. The summed E-state index contributed by atoms with van der Waals surface area (Å²) in [6.45, 7) is 1.95. The number of halogens is 1. The summed E-state index contributed by atoms with van der Waals surface area (Å²) in [6.07, 6.45) is 5.21. The number of aromatic nitrogens is 4. The zero-order chi connectivity index (χ0) is 23.8. The van der Waals surface area contributed by atoms with Gasteiger partial charge in [0.1, 0.15) is 23.9 Å². The second kappa shape index (κ2) is 7.35. The average molecular weight is 463 g/mol. The first-order chi connectivity index (χ1) is 16.3. The van der Waals surface area contributed by atoms with Crippen LogP contribution in [-0.2, 0) is 6.42 Å². The average Bonchev–Trinajstić information content (AvgIpc) is 3.39. The number of pyridine rings is 1. The highest BCUT2D eigenvalue weighted by Gasteiger charge is 2.59. The highest BCUT2D eigenvalue weighted by molar-refractivity contribution is 5.89. The number of nitrogens with two attached hydrogens (primary N) is 2. The first-order valence-corrected chi connectivity index (χ1v) is 11.6. The summed E-state index contributed by atoms with van der Waals surface area (Å²) in [5.41, 5.74) is 13.9. The first-order valence-electron chi connectivity index (χ1n) is 11.6. The number of hydrogen-bond acceptors (Lipinski definition) is 7. The molecule has 6 rings (SSSR count). The predicted molar refractivity (Wildman–Crippen MR) is 127 cm³/mol. The minimum atomic E-state index is -1.15. The molecule has 2 aliphatic rings. The SMILES string of the molecule is Cc1cn([C@@H]2C[C@@H]3[C@H](Cc4ccc5cc(F)c(N)nc5c4)CC[C@]3(O)[C@H]2O)c2ncnc(N)c12. The molecule has 6 N–H and O–H groups in total. The number of aliphatic hydroxyl groups excluding tert-OH is 1. The smallest absolute Gasteiger partial charge is 0.165 e. The molecular weight excluding hydrogens is 435 g/mol. The van der Waals surface area contributed by atoms with Crippen molar-refractivity contribution in [1.29, 1.82) is 0 Å². The molecule has 0 aliphatic heterocycles. The standard InChI is InChI=1S/C25H27FN6O2/c1-12-10-32(24-20(12)23(28)29-11-30-24)19-9-16-14(4-5-25(16,34)21(19)33)6-13-2-3-15-8-17(26)22(27)31-18(15)7-13/h2-3,7-8,10-11,14,16,19,21,33-34H,4-6,9H2,1H3,(H2,27,31)(H2,28,29,30)/t14-,16+,19+,21-,25+/m0/s1. The van der Waals surface area contributed by atoms with Crippen molar-refractivity contribution in [2.75, 3.05) is 11.5 Å². The van der Waals surface area contributed by atoms with Crippen LogP contribution in [0.2, 0.25) is 0 Å². The largest absolute Gasteiger partial charge is 0.388 e. The molecule has 0 saturated heterocycles. The van der Waals surface area contributed by atoms with E-state index in [1.165, 1.54) is 12.4 Å². The normalized spacial score (nSPS) is 28.7. The van der Waals surface area contributed by atoms with Crippen LogP contribution < -0.4 is 11.5 Å². The lowest BCUT2D eigenvalue weighted by Gasteiger charge is -2.29. The third-order valence-corrected chi connectivity index (χ3v) is 8.04. The number of anilines is 2. The lowest BCUT2D eigenvalue weighted by atomic mass is 9.84. The van der Waals surface area contributed by atoms with Gasteiger partial charge >= 0.3 is 0 Å². The van der Waals surface area contributed by atoms with Crippen LogP contribution in [0.15, 0.2) is 36.8 Å². The Morgan fingerprint density at radius 1 is 1.21 bits per heavy atom. The van der Waals surface area contributed by atoms with Gasteiger partial charge in [-0.2, -0.15) is 0 Å². The third kappa shape index (κ3) is 3.00. The van der Waals surface area contributed by atoms with Crippen molar-refractivity contribution in [2.45, 2.75) is 50.4 Å². The van der Waals surface area contributed by atoms with Crippen molar-refractivity contribution >= 4 is 33.6 Å². The van der Waals surface area contributed by atoms with E-state index in [-0.39, 0.29) is 23.7 Å². The molecule has 3 aromatic heterocycles. The minimum absolute atomic E-state index is 0.0635. The number of nitrogen functional groups attached to an aromatic ring is 2. The monoisotopic (exact) mass is 462 g/mol. The minimum Gasteiger partial charge on any atom is -0.388 e. The van der Waals surface area contributed by atoms with Crippen molar-refractivity contribution in [3.63, 3.8) is 0 Å². The molecule has 2 fully saturated rings. The highest BCUT2D eigenvalue weighted by atomic mass is 19.1. The molecule has 34 heavy (non-hydrogen) atoms. The van der Waals surface area contributed by atoms with E-state index >= 15 is 0 Å².